The second-order valence-electron chi connectivity index (χ2n) is 5.85. The molecule has 2 N–H and O–H groups in total. The van der Waals surface area contributed by atoms with E-state index in [9.17, 15) is 9.90 Å². The lowest BCUT2D eigenvalue weighted by atomic mass is 9.85. The second-order valence-corrected chi connectivity index (χ2v) is 5.85. The third-order valence-corrected chi connectivity index (χ3v) is 4.31. The van der Waals surface area contributed by atoms with Crippen LogP contribution in [0.25, 0.3) is 0 Å². The molecule has 4 heteroatoms. The number of carbonyl (C=O) groups is 1. The normalized spacial score (nSPS) is 26.9. The molecule has 1 aliphatic rings. The van der Waals surface area contributed by atoms with E-state index in [0.29, 0.717) is 25.7 Å². The maximum atomic E-state index is 11.3. The highest BCUT2D eigenvalue weighted by Gasteiger charge is 2.32. The highest BCUT2D eigenvalue weighted by molar-refractivity contribution is 5.78. The predicted octanol–water partition coefficient (Wildman–Crippen LogP) is 2.81. The molecule has 0 aromatic carbocycles. The predicted molar refractivity (Wildman–Crippen MR) is 76.3 cm³/mol. The zero-order valence-corrected chi connectivity index (χ0v) is 12.6. The Bertz CT molecular complexity index is 283. The van der Waals surface area contributed by atoms with Crippen LogP contribution < -0.4 is 5.32 Å². The van der Waals surface area contributed by atoms with E-state index in [4.69, 9.17) is 4.74 Å². The van der Waals surface area contributed by atoms with E-state index in [1.54, 1.807) is 6.92 Å². The third kappa shape index (κ3) is 5.11. The summed E-state index contributed by atoms with van der Waals surface area (Å²) in [5.74, 6) is -0.00796. The molecule has 1 fully saturated rings. The van der Waals surface area contributed by atoms with Gasteiger partial charge in [0.25, 0.3) is 0 Å². The first kappa shape index (κ1) is 16.4. The average Bonchev–Trinajstić information content (AvgIpc) is 2.39. The molecule has 0 spiro atoms. The summed E-state index contributed by atoms with van der Waals surface area (Å²) < 4.78 is 5.90. The third-order valence-electron chi connectivity index (χ3n) is 4.31. The topological polar surface area (TPSA) is 58.6 Å². The van der Waals surface area contributed by atoms with Crippen LogP contribution in [0.2, 0.25) is 0 Å². The van der Waals surface area contributed by atoms with Crippen LogP contribution in [0.15, 0.2) is 0 Å². The van der Waals surface area contributed by atoms with Gasteiger partial charge in [-0.2, -0.15) is 0 Å². The van der Waals surface area contributed by atoms with Crippen LogP contribution in [-0.2, 0) is 9.53 Å². The van der Waals surface area contributed by atoms with Crippen molar-refractivity contribution in [3.63, 3.8) is 0 Å². The Balaban J connectivity index is 2.33. The minimum atomic E-state index is -0.867. The van der Waals surface area contributed by atoms with Gasteiger partial charge in [0.2, 0.25) is 0 Å². The van der Waals surface area contributed by atoms with Crippen molar-refractivity contribution in [1.82, 2.24) is 5.32 Å². The summed E-state index contributed by atoms with van der Waals surface area (Å²) in [4.78, 5) is 11.3. The number of aliphatic carboxylic acids is 1. The number of nitrogens with one attached hydrogen (secondary N) is 1. The van der Waals surface area contributed by atoms with Crippen LogP contribution >= 0.6 is 0 Å². The lowest BCUT2D eigenvalue weighted by Gasteiger charge is -2.30. The van der Waals surface area contributed by atoms with Gasteiger partial charge in [0, 0.05) is 6.61 Å². The van der Waals surface area contributed by atoms with Crippen molar-refractivity contribution in [2.24, 2.45) is 5.92 Å². The highest BCUT2D eigenvalue weighted by atomic mass is 16.5. The summed E-state index contributed by atoms with van der Waals surface area (Å²) >= 11 is 0. The summed E-state index contributed by atoms with van der Waals surface area (Å²) in [7, 11) is 0. The van der Waals surface area contributed by atoms with Gasteiger partial charge in [-0.25, -0.2) is 0 Å². The molecule has 0 radical (unpaired) electrons. The Hall–Kier alpha value is -0.610. The largest absolute Gasteiger partial charge is 0.480 e. The van der Waals surface area contributed by atoms with Crippen LogP contribution in [0.1, 0.15) is 59.3 Å². The molecule has 3 atom stereocenters. The fraction of sp³-hybridized carbons (Fsp3) is 0.933. The molecule has 19 heavy (non-hydrogen) atoms. The Morgan fingerprint density at radius 1 is 1.42 bits per heavy atom. The van der Waals surface area contributed by atoms with Crippen LogP contribution in [0.3, 0.4) is 0 Å². The molecule has 0 aromatic rings. The Labute approximate surface area is 116 Å². The smallest absolute Gasteiger partial charge is 0.323 e. The van der Waals surface area contributed by atoms with E-state index >= 15 is 0 Å². The van der Waals surface area contributed by atoms with Gasteiger partial charge in [0.1, 0.15) is 5.54 Å². The number of likely N-dealkylation sites (N-methyl/N-ethyl adjacent to an activating group) is 1. The monoisotopic (exact) mass is 271 g/mol. The van der Waals surface area contributed by atoms with E-state index in [0.717, 1.165) is 18.8 Å². The molecule has 1 aliphatic carbocycles. The minimum Gasteiger partial charge on any atom is -0.480 e. The summed E-state index contributed by atoms with van der Waals surface area (Å²) in [5.41, 5.74) is -0.867. The Morgan fingerprint density at radius 3 is 2.74 bits per heavy atom. The SMILES string of the molecule is CCNC(C)(CCOC1CCCC(CC)C1)C(=O)O. The van der Waals surface area contributed by atoms with Gasteiger partial charge in [-0.1, -0.05) is 33.1 Å². The highest BCUT2D eigenvalue weighted by Crippen LogP contribution is 2.28. The maximum absolute atomic E-state index is 11.3. The quantitative estimate of drug-likeness (QED) is 0.712. The summed E-state index contributed by atoms with van der Waals surface area (Å²) in [6.45, 7) is 7.08. The first-order valence-corrected chi connectivity index (χ1v) is 7.61. The van der Waals surface area contributed by atoms with E-state index in [1.165, 1.54) is 19.3 Å². The van der Waals surface area contributed by atoms with Gasteiger partial charge in [0.05, 0.1) is 6.10 Å². The van der Waals surface area contributed by atoms with Crippen molar-refractivity contribution >= 4 is 5.97 Å². The van der Waals surface area contributed by atoms with E-state index in [1.807, 2.05) is 6.92 Å². The summed E-state index contributed by atoms with van der Waals surface area (Å²) in [6.07, 6.45) is 6.90. The van der Waals surface area contributed by atoms with Gasteiger partial charge in [-0.05, 0) is 38.6 Å². The molecule has 0 aromatic heterocycles. The minimum absolute atomic E-state index is 0.332. The Kier molecular flexibility index (Phi) is 6.80. The van der Waals surface area contributed by atoms with Gasteiger partial charge in [-0.15, -0.1) is 0 Å². The average molecular weight is 271 g/mol. The van der Waals surface area contributed by atoms with Gasteiger partial charge < -0.3 is 15.2 Å². The molecule has 1 saturated carbocycles. The van der Waals surface area contributed by atoms with Crippen LogP contribution in [0, 0.1) is 5.92 Å². The molecule has 0 heterocycles. The van der Waals surface area contributed by atoms with Crippen molar-refractivity contribution in [2.45, 2.75) is 70.9 Å². The van der Waals surface area contributed by atoms with Crippen molar-refractivity contribution in [1.29, 1.82) is 0 Å². The lowest BCUT2D eigenvalue weighted by Crippen LogP contribution is -2.50. The zero-order valence-electron chi connectivity index (χ0n) is 12.6. The first-order chi connectivity index (χ1) is 9.01. The van der Waals surface area contributed by atoms with Gasteiger partial charge in [-0.3, -0.25) is 4.79 Å². The molecule has 0 saturated heterocycles. The molecule has 0 aliphatic heterocycles. The van der Waals surface area contributed by atoms with E-state index < -0.39 is 11.5 Å². The van der Waals surface area contributed by atoms with Gasteiger partial charge in [0.15, 0.2) is 0 Å². The molecule has 3 unspecified atom stereocenters. The Morgan fingerprint density at radius 2 is 2.16 bits per heavy atom. The molecule has 0 bridgehead atoms. The summed E-state index contributed by atoms with van der Waals surface area (Å²) in [6, 6.07) is 0. The molecule has 0 amide bonds. The number of ether oxygens (including phenoxy) is 1. The van der Waals surface area contributed by atoms with Crippen LogP contribution in [-0.4, -0.2) is 35.9 Å². The van der Waals surface area contributed by atoms with E-state index in [-0.39, 0.29) is 0 Å². The summed E-state index contributed by atoms with van der Waals surface area (Å²) in [5, 5.41) is 12.3. The molecule has 4 nitrogen and oxygen atoms in total. The first-order valence-electron chi connectivity index (χ1n) is 7.61. The molecule has 1 rings (SSSR count). The van der Waals surface area contributed by atoms with Crippen molar-refractivity contribution in [3.8, 4) is 0 Å². The van der Waals surface area contributed by atoms with E-state index in [2.05, 4.69) is 12.2 Å². The van der Waals surface area contributed by atoms with Crippen LogP contribution in [0.4, 0.5) is 0 Å². The second kappa shape index (κ2) is 7.85. The fourth-order valence-corrected chi connectivity index (χ4v) is 2.85. The maximum Gasteiger partial charge on any atom is 0.323 e. The number of rotatable bonds is 8. The number of hydrogen-bond acceptors (Lipinski definition) is 3. The molecular formula is C15H29NO3. The molecule has 112 valence electrons. The van der Waals surface area contributed by atoms with Gasteiger partial charge >= 0.3 is 5.97 Å². The molecular weight excluding hydrogens is 242 g/mol. The number of carboxylic acid groups (broad SMARTS) is 1. The standard InChI is InChI=1S/C15H29NO3/c1-4-12-7-6-8-13(11-12)19-10-9-15(3,14(17)18)16-5-2/h12-13,16H,4-11H2,1-3H3,(H,17,18). The lowest BCUT2D eigenvalue weighted by molar-refractivity contribution is -0.145. The van der Waals surface area contributed by atoms with Crippen molar-refractivity contribution in [2.75, 3.05) is 13.2 Å². The zero-order chi connectivity index (χ0) is 14.3. The number of carboxylic acids is 1. The van der Waals surface area contributed by atoms with Crippen molar-refractivity contribution < 1.29 is 14.6 Å². The number of hydrogen-bond donors (Lipinski definition) is 2. The fourth-order valence-electron chi connectivity index (χ4n) is 2.85. The van der Waals surface area contributed by atoms with Crippen LogP contribution in [0.5, 0.6) is 0 Å². The van der Waals surface area contributed by atoms with Crippen molar-refractivity contribution in [3.05, 3.63) is 0 Å².